The quantitative estimate of drug-likeness (QED) is 0.189. The fourth-order valence-corrected chi connectivity index (χ4v) is 8.77. The van der Waals surface area contributed by atoms with Gasteiger partial charge in [-0.2, -0.15) is 0 Å². The first-order chi connectivity index (χ1) is 25.8. The van der Waals surface area contributed by atoms with Gasteiger partial charge in [-0.1, -0.05) is 91.0 Å². The Labute approximate surface area is 298 Å². The minimum Gasteiger partial charge on any atom is -0.309 e. The van der Waals surface area contributed by atoms with Gasteiger partial charge in [0.15, 0.2) is 0 Å². The first-order valence-corrected chi connectivity index (χ1v) is 17.7. The molecule has 4 nitrogen and oxygen atoms in total. The molecule has 7 aromatic carbocycles. The molecule has 4 aromatic heterocycles. The van der Waals surface area contributed by atoms with Gasteiger partial charge >= 0.3 is 0 Å². The maximum absolute atomic E-state index is 5.35. The van der Waals surface area contributed by atoms with E-state index in [4.69, 9.17) is 4.98 Å². The largest absolute Gasteiger partial charge is 0.309 e. The van der Waals surface area contributed by atoms with E-state index in [0.29, 0.717) is 0 Å². The predicted octanol–water partition coefficient (Wildman–Crippen LogP) is 12.3. The molecule has 4 heterocycles. The van der Waals surface area contributed by atoms with E-state index in [2.05, 4.69) is 172 Å². The second-order valence-corrected chi connectivity index (χ2v) is 13.9. The van der Waals surface area contributed by atoms with Crippen molar-refractivity contribution < 1.29 is 0 Å². The van der Waals surface area contributed by atoms with Crippen molar-refractivity contribution in [3.05, 3.63) is 170 Å². The minimum absolute atomic E-state index is 0.907. The molecule has 0 aliphatic heterocycles. The van der Waals surface area contributed by atoms with Gasteiger partial charge < -0.3 is 4.57 Å². The summed E-state index contributed by atoms with van der Waals surface area (Å²) in [5.74, 6) is 0.907. The molecule has 11 aromatic rings. The summed E-state index contributed by atoms with van der Waals surface area (Å²) in [7, 11) is 0. The highest BCUT2D eigenvalue weighted by Gasteiger charge is 2.24. The first kappa shape index (κ1) is 27.7. The fraction of sp³-hybridized carbons (Fsp3) is 0. The molecule has 0 unspecified atom stereocenters. The maximum Gasteiger partial charge on any atom is 0.138 e. The Bertz CT molecular complexity index is 3290. The molecule has 0 N–H and O–H groups in total. The Balaban J connectivity index is 1.05. The zero-order chi connectivity index (χ0) is 33.9. The molecule has 0 spiro atoms. The number of rotatable bonds is 3. The average molecular weight is 661 g/mol. The average Bonchev–Trinajstić information content (AvgIpc) is 3.83. The topological polar surface area (TPSA) is 35.6 Å². The Hall–Kier alpha value is -7.04. The first-order valence-electron chi connectivity index (χ1n) is 17.7. The second kappa shape index (κ2) is 10.3. The van der Waals surface area contributed by atoms with Gasteiger partial charge in [-0.25, -0.2) is 4.98 Å². The minimum atomic E-state index is 0.907. The zero-order valence-corrected chi connectivity index (χ0v) is 28.0. The smallest absolute Gasteiger partial charge is 0.138 e. The molecule has 52 heavy (non-hydrogen) atoms. The van der Waals surface area contributed by atoms with E-state index in [-0.39, 0.29) is 0 Å². The van der Waals surface area contributed by atoms with E-state index in [0.717, 1.165) is 44.7 Å². The van der Waals surface area contributed by atoms with Crippen LogP contribution in [0.15, 0.2) is 170 Å². The summed E-state index contributed by atoms with van der Waals surface area (Å²) in [5, 5.41) is 9.80. The lowest BCUT2D eigenvalue weighted by Crippen LogP contribution is -1.98. The van der Waals surface area contributed by atoms with E-state index in [9.17, 15) is 0 Å². The third-order valence-electron chi connectivity index (χ3n) is 11.1. The zero-order valence-electron chi connectivity index (χ0n) is 28.0. The second-order valence-electron chi connectivity index (χ2n) is 13.9. The molecular weight excluding hydrogens is 633 g/mol. The highest BCUT2D eigenvalue weighted by Crippen LogP contribution is 2.46. The van der Waals surface area contributed by atoms with Gasteiger partial charge in [0, 0.05) is 61.5 Å². The van der Waals surface area contributed by atoms with Crippen molar-refractivity contribution in [2.24, 2.45) is 0 Å². The van der Waals surface area contributed by atoms with Crippen LogP contribution in [0.5, 0.6) is 0 Å². The molecular formula is C48H28N4. The van der Waals surface area contributed by atoms with Crippen LogP contribution in [0.4, 0.5) is 0 Å². The van der Waals surface area contributed by atoms with E-state index >= 15 is 0 Å². The molecule has 1 aliphatic rings. The summed E-state index contributed by atoms with van der Waals surface area (Å²) >= 11 is 0. The lowest BCUT2D eigenvalue weighted by atomic mass is 10.00. The maximum atomic E-state index is 5.35. The van der Waals surface area contributed by atoms with Gasteiger partial charge in [0.25, 0.3) is 0 Å². The van der Waals surface area contributed by atoms with Crippen molar-refractivity contribution in [1.29, 1.82) is 0 Å². The number of pyridine rings is 2. The van der Waals surface area contributed by atoms with Crippen molar-refractivity contribution in [3.63, 3.8) is 0 Å². The normalized spacial score (nSPS) is 12.2. The van der Waals surface area contributed by atoms with Crippen LogP contribution in [0.25, 0.3) is 110 Å². The molecule has 0 bridgehead atoms. The molecule has 0 amide bonds. The Morgan fingerprint density at radius 2 is 1.06 bits per heavy atom. The van der Waals surface area contributed by atoms with Crippen molar-refractivity contribution >= 4 is 65.2 Å². The summed E-state index contributed by atoms with van der Waals surface area (Å²) in [6.07, 6.45) is 3.91. The SMILES string of the molecule is c1ccc(-n2c3ccc(-c4ccc5c(c4)c4ccccc4n5-c4ccc5c(n4)-c4cncc6cccc-5c46)cc3c3cc4ccccc4cc32)cc1. The highest BCUT2D eigenvalue weighted by molar-refractivity contribution is 6.16. The monoisotopic (exact) mass is 660 g/mol. The molecule has 0 saturated carbocycles. The number of hydrogen-bond acceptors (Lipinski definition) is 2. The third kappa shape index (κ3) is 3.75. The lowest BCUT2D eigenvalue weighted by molar-refractivity contribution is 1.09. The molecule has 12 rings (SSSR count). The predicted molar refractivity (Wildman–Crippen MR) is 216 cm³/mol. The van der Waals surface area contributed by atoms with Crippen LogP contribution in [0, 0.1) is 0 Å². The van der Waals surface area contributed by atoms with Crippen LogP contribution in [0.1, 0.15) is 0 Å². The van der Waals surface area contributed by atoms with Crippen LogP contribution in [-0.2, 0) is 0 Å². The molecule has 0 saturated heterocycles. The Kier molecular flexibility index (Phi) is 5.47. The Morgan fingerprint density at radius 3 is 1.90 bits per heavy atom. The van der Waals surface area contributed by atoms with Gasteiger partial charge in [-0.15, -0.1) is 0 Å². The van der Waals surface area contributed by atoms with Crippen LogP contribution >= 0.6 is 0 Å². The van der Waals surface area contributed by atoms with Gasteiger partial charge in [0.1, 0.15) is 5.82 Å². The summed E-state index contributed by atoms with van der Waals surface area (Å²) in [4.78, 5) is 9.91. The van der Waals surface area contributed by atoms with Gasteiger partial charge in [-0.3, -0.25) is 9.55 Å². The summed E-state index contributed by atoms with van der Waals surface area (Å²) in [6, 6.07) is 57.4. The van der Waals surface area contributed by atoms with Crippen molar-refractivity contribution in [1.82, 2.24) is 19.1 Å². The van der Waals surface area contributed by atoms with Crippen LogP contribution in [0.2, 0.25) is 0 Å². The van der Waals surface area contributed by atoms with Crippen LogP contribution in [-0.4, -0.2) is 19.1 Å². The van der Waals surface area contributed by atoms with Crippen LogP contribution in [0.3, 0.4) is 0 Å². The molecule has 240 valence electrons. The van der Waals surface area contributed by atoms with E-state index in [1.54, 1.807) is 0 Å². The summed E-state index contributed by atoms with van der Waals surface area (Å²) in [6.45, 7) is 0. The number of hydrogen-bond donors (Lipinski definition) is 0. The molecule has 4 heteroatoms. The number of fused-ring (bicyclic) bond motifs is 10. The number of nitrogens with zero attached hydrogens (tertiary/aromatic N) is 4. The molecule has 0 radical (unpaired) electrons. The molecule has 1 aliphatic carbocycles. The van der Waals surface area contributed by atoms with Gasteiger partial charge in [-0.05, 0) is 94.2 Å². The van der Waals surface area contributed by atoms with E-state index < -0.39 is 0 Å². The van der Waals surface area contributed by atoms with Crippen molar-refractivity contribution in [2.45, 2.75) is 0 Å². The third-order valence-corrected chi connectivity index (χ3v) is 11.1. The highest BCUT2D eigenvalue weighted by atomic mass is 15.1. The van der Waals surface area contributed by atoms with Gasteiger partial charge in [0.05, 0.1) is 27.8 Å². The fourth-order valence-electron chi connectivity index (χ4n) is 8.77. The van der Waals surface area contributed by atoms with Gasteiger partial charge in [0.2, 0.25) is 0 Å². The lowest BCUT2D eigenvalue weighted by Gasteiger charge is -2.10. The van der Waals surface area contributed by atoms with Crippen molar-refractivity contribution in [3.8, 4) is 45.0 Å². The summed E-state index contributed by atoms with van der Waals surface area (Å²) < 4.78 is 4.71. The molecule has 0 fully saturated rings. The standard InChI is InChI=1S/C48H28N4/c1-2-12-34(13-3-1)51-43-20-17-32(25-39(43)40-23-29-9-4-5-10-30(29)26-45(40)51)31-18-21-44-38(24-31)35-14-6-7-16-42(35)52(44)46-22-19-37-36-15-8-11-33-27-49-28-41(47(33)36)48(37)50-46/h1-28H. The molecule has 0 atom stereocenters. The number of para-hydroxylation sites is 2. The number of aromatic nitrogens is 4. The number of benzene rings is 7. The summed E-state index contributed by atoms with van der Waals surface area (Å²) in [5.41, 5.74) is 12.7. The van der Waals surface area contributed by atoms with Crippen molar-refractivity contribution in [2.75, 3.05) is 0 Å². The Morgan fingerprint density at radius 1 is 0.385 bits per heavy atom. The van der Waals surface area contributed by atoms with E-state index in [1.807, 2.05) is 12.4 Å². The van der Waals surface area contributed by atoms with E-state index in [1.165, 1.54) is 65.4 Å². The van der Waals surface area contributed by atoms with Crippen LogP contribution < -0.4 is 0 Å².